The van der Waals surface area contributed by atoms with Gasteiger partial charge in [-0.15, -0.1) is 5.10 Å². The Morgan fingerprint density at radius 2 is 1.68 bits per heavy atom. The highest BCUT2D eigenvalue weighted by molar-refractivity contribution is 7.91. The van der Waals surface area contributed by atoms with Crippen molar-refractivity contribution in [2.75, 3.05) is 43.1 Å². The third-order valence-electron chi connectivity index (χ3n) is 8.93. The molecule has 2 aromatic carbocycles. The fraction of sp³-hybridized carbons (Fsp3) is 0.459. The van der Waals surface area contributed by atoms with Gasteiger partial charge >= 0.3 is 0 Å². The Kier molecular flexibility index (Phi) is 11.9. The third-order valence-corrected chi connectivity index (χ3v) is 10.7. The van der Waals surface area contributed by atoms with E-state index in [1.165, 1.54) is 29.0 Å². The van der Waals surface area contributed by atoms with Gasteiger partial charge in [0.2, 0.25) is 21.4 Å². The Morgan fingerprint density at radius 1 is 0.962 bits per heavy atom. The maximum atomic E-state index is 15.6. The summed E-state index contributed by atoms with van der Waals surface area (Å²) in [5, 5.41) is 11.7. The lowest BCUT2D eigenvalue weighted by molar-refractivity contribution is -0.170. The van der Waals surface area contributed by atoms with Crippen molar-refractivity contribution in [1.82, 2.24) is 29.4 Å². The summed E-state index contributed by atoms with van der Waals surface area (Å²) in [6, 6.07) is 10.5. The molecule has 53 heavy (non-hydrogen) atoms. The molecular weight excluding hydrogens is 704 g/mol. The lowest BCUT2D eigenvalue weighted by Crippen LogP contribution is -2.39. The lowest BCUT2D eigenvalue weighted by Gasteiger charge is -2.36. The van der Waals surface area contributed by atoms with Gasteiger partial charge in [-0.3, -0.25) is 0 Å². The number of sulfone groups is 1. The van der Waals surface area contributed by atoms with E-state index in [0.29, 0.717) is 42.5 Å². The number of aromatic nitrogens is 6. The quantitative estimate of drug-likeness (QED) is 0.108. The van der Waals surface area contributed by atoms with E-state index in [1.54, 1.807) is 23.0 Å². The number of halogens is 1. The van der Waals surface area contributed by atoms with Crippen molar-refractivity contribution in [3.05, 3.63) is 67.0 Å². The van der Waals surface area contributed by atoms with Crippen LogP contribution in [0, 0.1) is 11.7 Å². The van der Waals surface area contributed by atoms with E-state index >= 15 is 4.39 Å². The number of rotatable bonds is 16. The van der Waals surface area contributed by atoms with Gasteiger partial charge in [0.1, 0.15) is 24.1 Å². The molecule has 0 bridgehead atoms. The van der Waals surface area contributed by atoms with Crippen LogP contribution < -0.4 is 15.0 Å². The summed E-state index contributed by atoms with van der Waals surface area (Å²) >= 11 is 0. The van der Waals surface area contributed by atoms with Crippen molar-refractivity contribution in [3.63, 3.8) is 0 Å². The Hall–Kier alpha value is -4.64. The van der Waals surface area contributed by atoms with Crippen LogP contribution in [0.2, 0.25) is 0 Å². The van der Waals surface area contributed by atoms with Crippen LogP contribution >= 0.6 is 0 Å². The van der Waals surface area contributed by atoms with Gasteiger partial charge in [-0.1, -0.05) is 6.07 Å². The lowest BCUT2D eigenvalue weighted by atomic mass is 9.95. The molecule has 1 aliphatic rings. The number of nitrogens with one attached hydrogen (secondary N) is 1. The summed E-state index contributed by atoms with van der Waals surface area (Å²) in [6.45, 7) is 14.7. The number of anilines is 3. The molecule has 1 atom stereocenters. The molecule has 1 N–H and O–H groups in total. The van der Waals surface area contributed by atoms with Crippen LogP contribution in [0.25, 0.3) is 16.9 Å². The second-order valence-electron chi connectivity index (χ2n) is 12.9. The molecule has 1 saturated heterocycles. The summed E-state index contributed by atoms with van der Waals surface area (Å²) < 4.78 is 69.6. The number of benzene rings is 2. The summed E-state index contributed by atoms with van der Waals surface area (Å²) in [4.78, 5) is 11.2. The van der Waals surface area contributed by atoms with Gasteiger partial charge in [0.25, 0.3) is 0 Å². The van der Waals surface area contributed by atoms with Crippen molar-refractivity contribution >= 4 is 32.8 Å². The molecule has 0 aliphatic carbocycles. The molecule has 1 aliphatic heterocycles. The minimum absolute atomic E-state index is 0.000383. The molecule has 5 aromatic rings. The summed E-state index contributed by atoms with van der Waals surface area (Å²) in [5.74, 6) is -0.0763. The van der Waals surface area contributed by atoms with Crippen molar-refractivity contribution in [2.24, 2.45) is 5.92 Å². The second kappa shape index (κ2) is 16.6. The van der Waals surface area contributed by atoms with Gasteiger partial charge < -0.3 is 29.2 Å². The van der Waals surface area contributed by atoms with Gasteiger partial charge in [-0.2, -0.15) is 14.6 Å². The van der Waals surface area contributed by atoms with Crippen LogP contribution in [-0.2, 0) is 24.0 Å². The molecule has 1 unspecified atom stereocenters. The number of nitrogens with zero attached hydrogens (tertiary/aromatic N) is 7. The van der Waals surface area contributed by atoms with Crippen molar-refractivity contribution in [2.45, 2.75) is 82.8 Å². The van der Waals surface area contributed by atoms with Crippen molar-refractivity contribution < 1.29 is 31.8 Å². The zero-order valence-electron chi connectivity index (χ0n) is 30.9. The molecule has 0 saturated carbocycles. The van der Waals surface area contributed by atoms with Gasteiger partial charge in [0.15, 0.2) is 12.0 Å². The molecule has 6 rings (SSSR count). The first-order chi connectivity index (χ1) is 25.5. The predicted octanol–water partition coefficient (Wildman–Crippen LogP) is 6.66. The number of fused-ring (bicyclic) bond motifs is 1. The summed E-state index contributed by atoms with van der Waals surface area (Å²) in [7, 11) is -4.04. The maximum absolute atomic E-state index is 15.6. The second-order valence-corrected chi connectivity index (χ2v) is 14.9. The molecule has 0 amide bonds. The molecule has 3 aromatic heterocycles. The first-order valence-electron chi connectivity index (χ1n) is 18.0. The third kappa shape index (κ3) is 8.45. The largest absolute Gasteiger partial charge is 0.485 e. The summed E-state index contributed by atoms with van der Waals surface area (Å²) in [6.07, 6.45) is 5.95. The molecule has 14 nitrogen and oxygen atoms in total. The Bertz CT molecular complexity index is 2110. The molecule has 16 heteroatoms. The summed E-state index contributed by atoms with van der Waals surface area (Å²) in [5.41, 5.74) is 2.34. The molecule has 4 heterocycles. The number of ether oxygens (including phenoxy) is 4. The van der Waals surface area contributed by atoms with Crippen LogP contribution in [0.1, 0.15) is 60.6 Å². The maximum Gasteiger partial charge on any atom is 0.247 e. The van der Waals surface area contributed by atoms with Crippen LogP contribution in [0.15, 0.2) is 71.0 Å². The minimum Gasteiger partial charge on any atom is -0.485 e. The standard InChI is InChI=1S/C37H47FN8O6S/c1-7-49-25(6)45-22-27(21-40-45)33-34(52-24(4)5)35-42-37(43-46(35)23-39-33)41-32-14-13-30(20-31(32)38)53(47,48)29-12-10-11-28(19-29)44-17-15-26(16-18-44)36(50-8-2)51-9-3/h10-14,19-26,36H,7-9,15-18H2,1-6H3,(H,41,43). The number of hydrogen-bond donors (Lipinski definition) is 1. The van der Waals surface area contributed by atoms with Gasteiger partial charge in [0, 0.05) is 56.3 Å². The van der Waals surface area contributed by atoms with Gasteiger partial charge in [-0.25, -0.2) is 22.5 Å². The van der Waals surface area contributed by atoms with Crippen molar-refractivity contribution in [3.8, 4) is 17.0 Å². The van der Waals surface area contributed by atoms with E-state index in [4.69, 9.17) is 18.9 Å². The Morgan fingerprint density at radius 3 is 2.36 bits per heavy atom. The van der Waals surface area contributed by atoms with E-state index in [9.17, 15) is 8.42 Å². The van der Waals surface area contributed by atoms with E-state index < -0.39 is 15.7 Å². The Labute approximate surface area is 309 Å². The SMILES string of the molecule is CCOC(OCC)C1CCN(c2cccc(S(=O)(=O)c3ccc(Nc4nc5c(OC(C)C)c(-c6cnn(C(C)OCC)c6)ncn5n4)c(F)c3)c2)CC1. The van der Waals surface area contributed by atoms with Crippen LogP contribution in [0.3, 0.4) is 0 Å². The fourth-order valence-corrected chi connectivity index (χ4v) is 7.67. The normalized spacial score (nSPS) is 14.8. The Balaban J connectivity index is 1.20. The van der Waals surface area contributed by atoms with Crippen molar-refractivity contribution in [1.29, 1.82) is 0 Å². The van der Waals surface area contributed by atoms with E-state index in [2.05, 4.69) is 30.4 Å². The highest BCUT2D eigenvalue weighted by Gasteiger charge is 2.29. The van der Waals surface area contributed by atoms with Crippen LogP contribution in [-0.4, -0.2) is 83.1 Å². The zero-order valence-corrected chi connectivity index (χ0v) is 31.7. The fourth-order valence-electron chi connectivity index (χ4n) is 6.36. The molecule has 1 fully saturated rings. The molecule has 0 spiro atoms. The minimum atomic E-state index is -4.04. The van der Waals surface area contributed by atoms with E-state index in [1.807, 2.05) is 53.8 Å². The highest BCUT2D eigenvalue weighted by Crippen LogP contribution is 2.34. The van der Waals surface area contributed by atoms with Crippen LogP contribution in [0.5, 0.6) is 5.75 Å². The predicted molar refractivity (Wildman–Crippen MR) is 198 cm³/mol. The average Bonchev–Trinajstić information content (AvgIpc) is 3.81. The smallest absolute Gasteiger partial charge is 0.247 e. The van der Waals surface area contributed by atoms with E-state index in [0.717, 1.165) is 37.7 Å². The van der Waals surface area contributed by atoms with Gasteiger partial charge in [0.05, 0.1) is 27.8 Å². The highest BCUT2D eigenvalue weighted by atomic mass is 32.2. The topological polar surface area (TPSA) is 147 Å². The number of piperidine rings is 1. The zero-order chi connectivity index (χ0) is 37.7. The first kappa shape index (κ1) is 38.1. The average molecular weight is 751 g/mol. The first-order valence-corrected chi connectivity index (χ1v) is 19.5. The molecule has 0 radical (unpaired) electrons. The van der Waals surface area contributed by atoms with Gasteiger partial charge in [-0.05, 0) is 90.8 Å². The monoisotopic (exact) mass is 750 g/mol. The molecular formula is C37H47FN8O6S. The van der Waals surface area contributed by atoms with Crippen LogP contribution in [0.4, 0.5) is 21.7 Å². The van der Waals surface area contributed by atoms with E-state index in [-0.39, 0.29) is 46.0 Å². The molecule has 284 valence electrons. The number of hydrogen-bond acceptors (Lipinski definition) is 12.